The van der Waals surface area contributed by atoms with Gasteiger partial charge in [0.2, 0.25) is 0 Å². The number of halogens is 2. The maximum atomic E-state index is 12.5. The topological polar surface area (TPSA) is 52.6 Å². The maximum absolute atomic E-state index is 12.5. The first-order valence-corrected chi connectivity index (χ1v) is 10.0. The van der Waals surface area contributed by atoms with Gasteiger partial charge in [-0.1, -0.05) is 68.3 Å². The molecule has 3 aromatic rings. The second-order valence-electron chi connectivity index (χ2n) is 5.96. The van der Waals surface area contributed by atoms with Gasteiger partial charge in [0.15, 0.2) is 0 Å². The SMILES string of the molecule is O=C(OCc1cccc(Br)c1)c1ccccc1C(=O)OCc1cccc(Br)c1. The summed E-state index contributed by atoms with van der Waals surface area (Å²) in [6.07, 6.45) is 0. The average Bonchev–Trinajstić information content (AvgIpc) is 2.70. The fraction of sp³-hybridized carbons (Fsp3) is 0.0909. The summed E-state index contributed by atoms with van der Waals surface area (Å²) >= 11 is 6.76. The van der Waals surface area contributed by atoms with E-state index in [9.17, 15) is 9.59 Å². The molecule has 3 rings (SSSR count). The smallest absolute Gasteiger partial charge is 0.339 e. The molecule has 0 bridgehead atoms. The van der Waals surface area contributed by atoms with Crippen LogP contribution in [0.5, 0.6) is 0 Å². The molecular formula is C22H16Br2O4. The van der Waals surface area contributed by atoms with E-state index in [0.29, 0.717) is 0 Å². The van der Waals surface area contributed by atoms with Crippen LogP contribution in [0, 0.1) is 0 Å². The van der Waals surface area contributed by atoms with E-state index < -0.39 is 11.9 Å². The molecule has 0 spiro atoms. The minimum atomic E-state index is -0.574. The van der Waals surface area contributed by atoms with Crippen molar-refractivity contribution in [1.29, 1.82) is 0 Å². The number of benzene rings is 3. The van der Waals surface area contributed by atoms with E-state index in [4.69, 9.17) is 9.47 Å². The molecular weight excluding hydrogens is 488 g/mol. The van der Waals surface area contributed by atoms with E-state index in [1.54, 1.807) is 24.3 Å². The molecule has 0 amide bonds. The lowest BCUT2D eigenvalue weighted by Gasteiger charge is -2.10. The molecule has 0 unspecified atom stereocenters. The molecule has 0 saturated carbocycles. The molecule has 6 heteroatoms. The molecule has 4 nitrogen and oxygen atoms in total. The molecule has 28 heavy (non-hydrogen) atoms. The molecule has 0 radical (unpaired) electrons. The minimum absolute atomic E-state index is 0.111. The number of hydrogen-bond acceptors (Lipinski definition) is 4. The Morgan fingerprint density at radius 3 is 1.46 bits per heavy atom. The highest BCUT2D eigenvalue weighted by atomic mass is 79.9. The fourth-order valence-corrected chi connectivity index (χ4v) is 3.44. The zero-order valence-electron chi connectivity index (χ0n) is 14.7. The fourth-order valence-electron chi connectivity index (χ4n) is 2.55. The number of rotatable bonds is 6. The van der Waals surface area contributed by atoms with E-state index in [1.165, 1.54) is 0 Å². The number of esters is 2. The Hall–Kier alpha value is -2.44. The number of ether oxygens (including phenoxy) is 2. The highest BCUT2D eigenvalue weighted by molar-refractivity contribution is 9.10. The van der Waals surface area contributed by atoms with Crippen LogP contribution < -0.4 is 0 Å². The first-order chi connectivity index (χ1) is 13.5. The van der Waals surface area contributed by atoms with Crippen LogP contribution in [-0.2, 0) is 22.7 Å². The second-order valence-corrected chi connectivity index (χ2v) is 7.79. The Morgan fingerprint density at radius 1 is 0.643 bits per heavy atom. The molecule has 0 atom stereocenters. The van der Waals surface area contributed by atoms with Crippen LogP contribution in [0.25, 0.3) is 0 Å². The van der Waals surface area contributed by atoms with Crippen LogP contribution in [0.2, 0.25) is 0 Å². The van der Waals surface area contributed by atoms with Crippen molar-refractivity contribution in [3.8, 4) is 0 Å². The minimum Gasteiger partial charge on any atom is -0.457 e. The van der Waals surface area contributed by atoms with Crippen LogP contribution in [0.1, 0.15) is 31.8 Å². The van der Waals surface area contributed by atoms with E-state index in [1.807, 2.05) is 48.5 Å². The summed E-state index contributed by atoms with van der Waals surface area (Å²) in [5, 5.41) is 0. The van der Waals surface area contributed by atoms with Crippen molar-refractivity contribution in [3.05, 3.63) is 104 Å². The predicted octanol–water partition coefficient (Wildman–Crippen LogP) is 5.93. The highest BCUT2D eigenvalue weighted by Gasteiger charge is 2.19. The predicted molar refractivity (Wildman–Crippen MR) is 113 cm³/mol. The third-order valence-corrected chi connectivity index (χ3v) is 4.87. The zero-order chi connectivity index (χ0) is 19.9. The Kier molecular flexibility index (Phi) is 7.01. The third-order valence-electron chi connectivity index (χ3n) is 3.88. The normalized spacial score (nSPS) is 10.4. The summed E-state index contributed by atoms with van der Waals surface area (Å²) < 4.78 is 12.5. The number of carbonyl (C=O) groups is 2. The van der Waals surface area contributed by atoms with E-state index >= 15 is 0 Å². The van der Waals surface area contributed by atoms with Gasteiger partial charge in [-0.05, 0) is 47.5 Å². The van der Waals surface area contributed by atoms with Gasteiger partial charge in [0.25, 0.3) is 0 Å². The zero-order valence-corrected chi connectivity index (χ0v) is 17.9. The quantitative estimate of drug-likeness (QED) is 0.391. The van der Waals surface area contributed by atoms with Crippen LogP contribution in [0.4, 0.5) is 0 Å². The lowest BCUT2D eigenvalue weighted by molar-refractivity contribution is 0.0425. The molecule has 142 valence electrons. The lowest BCUT2D eigenvalue weighted by Crippen LogP contribution is -2.14. The van der Waals surface area contributed by atoms with E-state index in [2.05, 4.69) is 31.9 Å². The van der Waals surface area contributed by atoms with Gasteiger partial charge in [-0.3, -0.25) is 0 Å². The first kappa shape index (κ1) is 20.3. The largest absolute Gasteiger partial charge is 0.457 e. The van der Waals surface area contributed by atoms with Crippen molar-refractivity contribution < 1.29 is 19.1 Å². The average molecular weight is 504 g/mol. The van der Waals surface area contributed by atoms with Gasteiger partial charge in [-0.25, -0.2) is 9.59 Å². The van der Waals surface area contributed by atoms with Gasteiger partial charge in [0, 0.05) is 8.95 Å². The van der Waals surface area contributed by atoms with Gasteiger partial charge in [0.1, 0.15) is 13.2 Å². The summed E-state index contributed by atoms with van der Waals surface area (Å²) in [5.41, 5.74) is 2.04. The van der Waals surface area contributed by atoms with Crippen LogP contribution in [-0.4, -0.2) is 11.9 Å². The number of hydrogen-bond donors (Lipinski definition) is 0. The Morgan fingerprint density at radius 2 is 1.07 bits per heavy atom. The summed E-state index contributed by atoms with van der Waals surface area (Å²) in [6.45, 7) is 0.222. The molecule has 3 aromatic carbocycles. The van der Waals surface area contributed by atoms with Crippen LogP contribution in [0.3, 0.4) is 0 Å². The monoisotopic (exact) mass is 502 g/mol. The van der Waals surface area contributed by atoms with Crippen LogP contribution >= 0.6 is 31.9 Å². The summed E-state index contributed by atoms with van der Waals surface area (Å²) in [6, 6.07) is 21.4. The third kappa shape index (κ3) is 5.53. The summed E-state index contributed by atoms with van der Waals surface area (Å²) in [4.78, 5) is 25.0. The van der Waals surface area contributed by atoms with Crippen molar-refractivity contribution in [2.75, 3.05) is 0 Å². The van der Waals surface area contributed by atoms with E-state index in [-0.39, 0.29) is 24.3 Å². The van der Waals surface area contributed by atoms with Gasteiger partial charge in [-0.2, -0.15) is 0 Å². The Labute approximate surface area is 179 Å². The maximum Gasteiger partial charge on any atom is 0.339 e. The molecule has 0 aliphatic carbocycles. The summed E-state index contributed by atoms with van der Waals surface area (Å²) in [7, 11) is 0. The Balaban J connectivity index is 1.67. The lowest BCUT2D eigenvalue weighted by atomic mass is 10.1. The Bertz CT molecular complexity index is 921. The standard InChI is InChI=1S/C22H16Br2O4/c23-17-7-3-5-15(11-17)13-27-21(25)19-9-1-2-10-20(19)22(26)28-14-16-6-4-8-18(24)12-16/h1-12H,13-14H2. The van der Waals surface area contributed by atoms with Gasteiger partial charge in [0.05, 0.1) is 11.1 Å². The van der Waals surface area contributed by atoms with E-state index in [0.717, 1.165) is 20.1 Å². The second kappa shape index (κ2) is 9.66. The van der Waals surface area contributed by atoms with Crippen molar-refractivity contribution >= 4 is 43.8 Å². The van der Waals surface area contributed by atoms with Crippen molar-refractivity contribution in [2.24, 2.45) is 0 Å². The molecule has 0 fully saturated rings. The molecule has 0 aromatic heterocycles. The van der Waals surface area contributed by atoms with Gasteiger partial charge >= 0.3 is 11.9 Å². The molecule has 0 heterocycles. The number of carbonyl (C=O) groups excluding carboxylic acids is 2. The van der Waals surface area contributed by atoms with Crippen molar-refractivity contribution in [3.63, 3.8) is 0 Å². The van der Waals surface area contributed by atoms with Crippen LogP contribution in [0.15, 0.2) is 81.7 Å². The molecule has 0 N–H and O–H groups in total. The van der Waals surface area contributed by atoms with Crippen molar-refractivity contribution in [2.45, 2.75) is 13.2 Å². The highest BCUT2D eigenvalue weighted by Crippen LogP contribution is 2.17. The van der Waals surface area contributed by atoms with Gasteiger partial charge in [-0.15, -0.1) is 0 Å². The summed E-state index contributed by atoms with van der Waals surface area (Å²) in [5.74, 6) is -1.15. The first-order valence-electron chi connectivity index (χ1n) is 8.45. The molecule has 0 aliphatic heterocycles. The van der Waals surface area contributed by atoms with Gasteiger partial charge < -0.3 is 9.47 Å². The molecule has 0 saturated heterocycles. The molecule has 0 aliphatic rings. The van der Waals surface area contributed by atoms with Crippen molar-refractivity contribution in [1.82, 2.24) is 0 Å².